The van der Waals surface area contributed by atoms with E-state index in [2.05, 4.69) is 9.97 Å². The number of fused-ring (bicyclic) bond motifs is 1. The molecule has 0 saturated carbocycles. The molecule has 0 spiro atoms. The highest BCUT2D eigenvalue weighted by Gasteiger charge is 2.11. The van der Waals surface area contributed by atoms with Crippen LogP contribution < -0.4 is 11.3 Å². The molecule has 6 nitrogen and oxygen atoms in total. The molecule has 1 aromatic carbocycles. The van der Waals surface area contributed by atoms with Gasteiger partial charge < -0.3 is 10.3 Å². The largest absolute Gasteiger partial charge is 0.368 e. The van der Waals surface area contributed by atoms with Gasteiger partial charge in [0.1, 0.15) is 6.54 Å². The number of benzene rings is 1. The quantitative estimate of drug-likeness (QED) is 0.718. The second kappa shape index (κ2) is 5.53. The average molecular weight is 312 g/mol. The lowest BCUT2D eigenvalue weighted by atomic mass is 10.0. The molecule has 0 aliphatic carbocycles. The number of pyridine rings is 1. The van der Waals surface area contributed by atoms with Gasteiger partial charge in [0.05, 0.1) is 11.2 Å². The maximum atomic E-state index is 11.8. The lowest BCUT2D eigenvalue weighted by Gasteiger charge is -2.13. The third-order valence-corrected chi connectivity index (χ3v) is 3.59. The highest BCUT2D eigenvalue weighted by Crippen LogP contribution is 2.26. The molecular weight excluding hydrogens is 300 g/mol. The lowest BCUT2D eigenvalue weighted by molar-refractivity contribution is -0.118. The Hall–Kier alpha value is -2.80. The van der Waals surface area contributed by atoms with Crippen molar-refractivity contribution in [2.75, 3.05) is 0 Å². The van der Waals surface area contributed by atoms with E-state index in [0.717, 1.165) is 16.5 Å². The number of hydrogen-bond donors (Lipinski definition) is 2. The van der Waals surface area contributed by atoms with Crippen molar-refractivity contribution in [1.82, 2.24) is 14.5 Å². The third-order valence-electron chi connectivity index (χ3n) is 3.27. The zero-order valence-electron chi connectivity index (χ0n) is 11.4. The van der Waals surface area contributed by atoms with Crippen LogP contribution in [0, 0.1) is 4.77 Å². The number of primary amides is 1. The molecule has 0 radical (unpaired) electrons. The summed E-state index contributed by atoms with van der Waals surface area (Å²) in [4.78, 5) is 29.9. The number of carbonyl (C=O) groups excluding carboxylic acids is 1. The van der Waals surface area contributed by atoms with Gasteiger partial charge in [-0.1, -0.05) is 18.2 Å². The van der Waals surface area contributed by atoms with Crippen molar-refractivity contribution in [2.45, 2.75) is 6.54 Å². The summed E-state index contributed by atoms with van der Waals surface area (Å²) < 4.78 is 1.67. The van der Waals surface area contributed by atoms with E-state index in [-0.39, 0.29) is 16.9 Å². The second-order valence-electron chi connectivity index (χ2n) is 4.75. The number of nitrogens with one attached hydrogen (secondary N) is 1. The molecule has 110 valence electrons. The summed E-state index contributed by atoms with van der Waals surface area (Å²) in [7, 11) is 0. The molecule has 2 heterocycles. The van der Waals surface area contributed by atoms with E-state index in [9.17, 15) is 9.59 Å². The van der Waals surface area contributed by atoms with Gasteiger partial charge in [0, 0.05) is 23.2 Å². The topological polar surface area (TPSA) is 93.8 Å². The summed E-state index contributed by atoms with van der Waals surface area (Å²) in [5, 5.41) is 0.864. The van der Waals surface area contributed by atoms with E-state index in [1.165, 1.54) is 10.6 Å². The van der Waals surface area contributed by atoms with Crippen molar-refractivity contribution in [1.29, 1.82) is 0 Å². The van der Waals surface area contributed by atoms with Crippen LogP contribution in [0.4, 0.5) is 0 Å². The van der Waals surface area contributed by atoms with Gasteiger partial charge >= 0.3 is 0 Å². The van der Waals surface area contributed by atoms with Gasteiger partial charge in [0.2, 0.25) is 5.91 Å². The molecule has 2 aromatic heterocycles. The number of H-pyrrole nitrogens is 1. The average Bonchev–Trinajstić information content (AvgIpc) is 2.49. The van der Waals surface area contributed by atoms with E-state index in [1.807, 2.05) is 30.3 Å². The molecule has 22 heavy (non-hydrogen) atoms. The lowest BCUT2D eigenvalue weighted by Crippen LogP contribution is -2.23. The molecule has 0 aliphatic rings. The van der Waals surface area contributed by atoms with Crippen LogP contribution in [0.25, 0.3) is 22.2 Å². The second-order valence-corrected chi connectivity index (χ2v) is 5.14. The Bertz CT molecular complexity index is 985. The first-order valence-corrected chi connectivity index (χ1v) is 6.93. The number of aromatic nitrogens is 3. The number of rotatable bonds is 3. The molecule has 7 heteroatoms. The standard InChI is InChI=1S/C15H12N4O2S/c16-13(20)8-19-12(7-14(21)18-15(19)22)10-3-1-5-11-9(10)4-2-6-17-11/h1-7H,8H2,(H2,16,20)(H,18,21,22). The maximum Gasteiger partial charge on any atom is 0.252 e. The van der Waals surface area contributed by atoms with Gasteiger partial charge in [-0.2, -0.15) is 0 Å². The fourth-order valence-electron chi connectivity index (χ4n) is 2.38. The summed E-state index contributed by atoms with van der Waals surface area (Å²) in [5.74, 6) is -0.539. The Morgan fingerprint density at radius 2 is 2.14 bits per heavy atom. The molecule has 0 unspecified atom stereocenters. The van der Waals surface area contributed by atoms with Crippen LogP contribution >= 0.6 is 12.2 Å². The SMILES string of the molecule is NC(=O)Cn1c(-c2cccc3ncccc23)cc(=O)[nH]c1=S. The summed E-state index contributed by atoms with van der Waals surface area (Å²) >= 11 is 5.15. The molecule has 3 N–H and O–H groups in total. The van der Waals surface area contributed by atoms with E-state index in [0.29, 0.717) is 5.69 Å². The zero-order chi connectivity index (χ0) is 15.7. The molecule has 0 fully saturated rings. The predicted molar refractivity (Wildman–Crippen MR) is 85.8 cm³/mol. The normalized spacial score (nSPS) is 10.7. The highest BCUT2D eigenvalue weighted by atomic mass is 32.1. The Balaban J connectivity index is 2.37. The minimum atomic E-state index is -0.539. The van der Waals surface area contributed by atoms with Crippen LogP contribution in [0.3, 0.4) is 0 Å². The molecule has 0 atom stereocenters. The molecule has 0 saturated heterocycles. The van der Waals surface area contributed by atoms with Crippen LogP contribution in [0.1, 0.15) is 0 Å². The highest BCUT2D eigenvalue weighted by molar-refractivity contribution is 7.71. The molecular formula is C15H12N4O2S. The monoisotopic (exact) mass is 312 g/mol. The van der Waals surface area contributed by atoms with Crippen molar-refractivity contribution in [3.8, 4) is 11.3 Å². The number of hydrogen-bond acceptors (Lipinski definition) is 4. The van der Waals surface area contributed by atoms with E-state index in [1.54, 1.807) is 6.20 Å². The van der Waals surface area contributed by atoms with Gasteiger partial charge in [-0.25, -0.2) is 0 Å². The van der Waals surface area contributed by atoms with E-state index >= 15 is 0 Å². The van der Waals surface area contributed by atoms with E-state index in [4.69, 9.17) is 18.0 Å². The minimum Gasteiger partial charge on any atom is -0.368 e. The van der Waals surface area contributed by atoms with Gasteiger partial charge in [-0.05, 0) is 24.4 Å². The van der Waals surface area contributed by atoms with Crippen molar-refractivity contribution < 1.29 is 4.79 Å². The fourth-order valence-corrected chi connectivity index (χ4v) is 2.65. The summed E-state index contributed by atoms with van der Waals surface area (Å²) in [6.07, 6.45) is 1.69. The molecule has 0 bridgehead atoms. The number of nitrogens with zero attached hydrogens (tertiary/aromatic N) is 2. The van der Waals surface area contributed by atoms with Crippen LogP contribution in [0.5, 0.6) is 0 Å². The summed E-state index contributed by atoms with van der Waals surface area (Å²) in [6.45, 7) is -0.110. The predicted octanol–water partition coefficient (Wildman–Crippen LogP) is 1.61. The van der Waals surface area contributed by atoms with Crippen LogP contribution in [-0.4, -0.2) is 20.4 Å². The van der Waals surface area contributed by atoms with Gasteiger partial charge in [0.25, 0.3) is 5.56 Å². The van der Waals surface area contributed by atoms with Gasteiger partial charge in [-0.15, -0.1) is 0 Å². The van der Waals surface area contributed by atoms with Crippen molar-refractivity contribution >= 4 is 29.0 Å². The van der Waals surface area contributed by atoms with Crippen LogP contribution in [0.2, 0.25) is 0 Å². The third kappa shape index (κ3) is 2.53. The Morgan fingerprint density at radius 1 is 1.32 bits per heavy atom. The number of carbonyl (C=O) groups is 1. The maximum absolute atomic E-state index is 11.8. The summed E-state index contributed by atoms with van der Waals surface area (Å²) in [5.41, 5.74) is 7.04. The van der Waals surface area contributed by atoms with Gasteiger partial charge in [0.15, 0.2) is 4.77 Å². The minimum absolute atomic E-state index is 0.110. The van der Waals surface area contributed by atoms with Crippen LogP contribution in [0.15, 0.2) is 47.4 Å². The Morgan fingerprint density at radius 3 is 2.91 bits per heavy atom. The van der Waals surface area contributed by atoms with E-state index < -0.39 is 5.91 Å². The first-order valence-electron chi connectivity index (χ1n) is 6.53. The summed E-state index contributed by atoms with van der Waals surface area (Å²) in [6, 6.07) is 10.7. The zero-order valence-corrected chi connectivity index (χ0v) is 12.3. The van der Waals surface area contributed by atoms with Crippen molar-refractivity contribution in [2.24, 2.45) is 5.73 Å². The Kier molecular flexibility index (Phi) is 3.56. The number of nitrogens with two attached hydrogens (primary N) is 1. The smallest absolute Gasteiger partial charge is 0.252 e. The number of aromatic amines is 1. The molecule has 3 aromatic rings. The molecule has 0 aliphatic heterocycles. The van der Waals surface area contributed by atoms with Gasteiger partial charge in [-0.3, -0.25) is 19.6 Å². The van der Waals surface area contributed by atoms with Crippen molar-refractivity contribution in [3.05, 3.63) is 57.7 Å². The molecule has 1 amide bonds. The fraction of sp³-hybridized carbons (Fsp3) is 0.0667. The molecule has 3 rings (SSSR count). The van der Waals surface area contributed by atoms with Crippen molar-refractivity contribution in [3.63, 3.8) is 0 Å². The van der Waals surface area contributed by atoms with Crippen LogP contribution in [-0.2, 0) is 11.3 Å². The number of amides is 1. The first kappa shape index (κ1) is 14.2. The first-order chi connectivity index (χ1) is 10.6. The Labute approximate surface area is 130 Å².